The lowest BCUT2D eigenvalue weighted by molar-refractivity contribution is -0.123. The molecular formula is C19H17N5O5. The van der Waals surface area contributed by atoms with Gasteiger partial charge in [0.15, 0.2) is 17.6 Å². The quantitative estimate of drug-likeness (QED) is 0.648. The molecule has 1 aliphatic heterocycles. The summed E-state index contributed by atoms with van der Waals surface area (Å²) < 4.78 is 17.6. The first-order valence-electron chi connectivity index (χ1n) is 8.85. The van der Waals surface area contributed by atoms with E-state index in [4.69, 9.17) is 14.2 Å². The van der Waals surface area contributed by atoms with Crippen LogP contribution >= 0.6 is 0 Å². The van der Waals surface area contributed by atoms with Gasteiger partial charge in [-0.3, -0.25) is 4.79 Å². The number of aromatic nitrogens is 4. The zero-order chi connectivity index (χ0) is 20.2. The zero-order valence-electron chi connectivity index (χ0n) is 15.4. The molecule has 1 atom stereocenters. The minimum atomic E-state index is -1.01. The summed E-state index contributed by atoms with van der Waals surface area (Å²) in [7, 11) is 0. The van der Waals surface area contributed by atoms with E-state index in [2.05, 4.69) is 20.8 Å². The van der Waals surface area contributed by atoms with Gasteiger partial charge < -0.3 is 19.5 Å². The van der Waals surface area contributed by atoms with Crippen molar-refractivity contribution >= 4 is 17.6 Å². The van der Waals surface area contributed by atoms with Gasteiger partial charge in [-0.05, 0) is 47.7 Å². The lowest BCUT2D eigenvalue weighted by Crippen LogP contribution is -2.30. The number of amides is 1. The van der Waals surface area contributed by atoms with Gasteiger partial charge in [-0.1, -0.05) is 6.07 Å². The van der Waals surface area contributed by atoms with Crippen LogP contribution in [0.1, 0.15) is 17.3 Å². The molecule has 0 saturated heterocycles. The number of hydrogen-bond donors (Lipinski definition) is 1. The highest BCUT2D eigenvalue weighted by Crippen LogP contribution is 2.32. The van der Waals surface area contributed by atoms with Crippen molar-refractivity contribution in [3.8, 4) is 17.2 Å². The molecule has 0 spiro atoms. The van der Waals surface area contributed by atoms with Crippen molar-refractivity contribution in [2.45, 2.75) is 13.0 Å². The summed E-state index contributed by atoms with van der Waals surface area (Å²) in [5, 5.41) is 13.6. The Labute approximate surface area is 165 Å². The standard InChI is InChI=1S/C19H17N5O5/c1-12(18(25)21-14-5-6-16-17(10-14)28-8-7-27-16)29-19(26)13-3-2-4-15(9-13)24-11-20-22-23-24/h2-6,9-12H,7-8H2,1H3,(H,21,25). The minimum absolute atomic E-state index is 0.275. The van der Waals surface area contributed by atoms with Gasteiger partial charge in [0.1, 0.15) is 19.5 Å². The molecule has 10 nitrogen and oxygen atoms in total. The topological polar surface area (TPSA) is 117 Å². The molecule has 0 radical (unpaired) electrons. The Bertz CT molecular complexity index is 1040. The number of carbonyl (C=O) groups excluding carboxylic acids is 2. The Morgan fingerprint density at radius 3 is 2.76 bits per heavy atom. The van der Waals surface area contributed by atoms with Gasteiger partial charge in [0.2, 0.25) is 0 Å². The predicted molar refractivity (Wildman–Crippen MR) is 100 cm³/mol. The number of hydrogen-bond acceptors (Lipinski definition) is 8. The normalized spacial score (nSPS) is 13.4. The predicted octanol–water partition coefficient (Wildman–Crippen LogP) is 1.62. The molecule has 10 heteroatoms. The Morgan fingerprint density at radius 2 is 1.97 bits per heavy atom. The van der Waals surface area contributed by atoms with E-state index in [-0.39, 0.29) is 5.56 Å². The fraction of sp³-hybridized carbons (Fsp3) is 0.211. The van der Waals surface area contributed by atoms with Crippen LogP contribution in [0.15, 0.2) is 48.8 Å². The van der Waals surface area contributed by atoms with Crippen LogP contribution in [0.25, 0.3) is 5.69 Å². The first-order valence-corrected chi connectivity index (χ1v) is 8.85. The summed E-state index contributed by atoms with van der Waals surface area (Å²) in [5.41, 5.74) is 1.39. The van der Waals surface area contributed by atoms with Crippen LogP contribution in [0, 0.1) is 0 Å². The Hall–Kier alpha value is -3.95. The Balaban J connectivity index is 1.40. The molecule has 0 saturated carbocycles. The van der Waals surface area contributed by atoms with Gasteiger partial charge in [0.05, 0.1) is 11.3 Å². The van der Waals surface area contributed by atoms with E-state index in [0.717, 1.165) is 0 Å². The van der Waals surface area contributed by atoms with Crippen molar-refractivity contribution in [1.82, 2.24) is 20.2 Å². The minimum Gasteiger partial charge on any atom is -0.486 e. The SMILES string of the molecule is CC(OC(=O)c1cccc(-n2cnnn2)c1)C(=O)Nc1ccc2c(c1)OCCO2. The van der Waals surface area contributed by atoms with Crippen LogP contribution in [-0.4, -0.2) is 51.4 Å². The number of fused-ring (bicyclic) bond motifs is 1. The van der Waals surface area contributed by atoms with Crippen LogP contribution in [0.2, 0.25) is 0 Å². The van der Waals surface area contributed by atoms with Gasteiger partial charge in [0.25, 0.3) is 5.91 Å². The van der Waals surface area contributed by atoms with Gasteiger partial charge in [-0.15, -0.1) is 5.10 Å². The highest BCUT2D eigenvalue weighted by molar-refractivity contribution is 5.97. The summed E-state index contributed by atoms with van der Waals surface area (Å²) >= 11 is 0. The van der Waals surface area contributed by atoms with E-state index in [9.17, 15) is 9.59 Å². The van der Waals surface area contributed by atoms with Crippen molar-refractivity contribution in [3.63, 3.8) is 0 Å². The van der Waals surface area contributed by atoms with Crippen molar-refractivity contribution < 1.29 is 23.8 Å². The van der Waals surface area contributed by atoms with E-state index >= 15 is 0 Å². The maximum atomic E-state index is 12.4. The largest absolute Gasteiger partial charge is 0.486 e. The molecule has 0 bridgehead atoms. The molecule has 4 rings (SSSR count). The molecule has 1 unspecified atom stereocenters. The fourth-order valence-electron chi connectivity index (χ4n) is 2.70. The lowest BCUT2D eigenvalue weighted by atomic mass is 10.2. The number of tetrazole rings is 1. The molecule has 148 valence electrons. The van der Waals surface area contributed by atoms with Crippen LogP contribution in [0.4, 0.5) is 5.69 Å². The molecule has 1 amide bonds. The number of rotatable bonds is 5. The van der Waals surface area contributed by atoms with Crippen LogP contribution in [0.5, 0.6) is 11.5 Å². The number of anilines is 1. The fourth-order valence-corrected chi connectivity index (χ4v) is 2.70. The molecule has 1 aromatic heterocycles. The average molecular weight is 395 g/mol. The van der Waals surface area contributed by atoms with Crippen LogP contribution in [-0.2, 0) is 9.53 Å². The summed E-state index contributed by atoms with van der Waals surface area (Å²) in [6, 6.07) is 11.6. The second kappa shape index (κ2) is 7.97. The number of ether oxygens (including phenoxy) is 3. The molecule has 3 aromatic rings. The maximum absolute atomic E-state index is 12.4. The van der Waals surface area contributed by atoms with Crippen molar-refractivity contribution in [2.75, 3.05) is 18.5 Å². The summed E-state index contributed by atoms with van der Waals surface area (Å²) in [6.45, 7) is 2.43. The summed E-state index contributed by atoms with van der Waals surface area (Å²) in [6.07, 6.45) is 0.404. The van der Waals surface area contributed by atoms with E-state index in [0.29, 0.717) is 36.1 Å². The first-order chi connectivity index (χ1) is 14.1. The average Bonchev–Trinajstić information content (AvgIpc) is 3.28. The third-order valence-electron chi connectivity index (χ3n) is 4.16. The smallest absolute Gasteiger partial charge is 0.338 e. The molecular weight excluding hydrogens is 378 g/mol. The lowest BCUT2D eigenvalue weighted by Gasteiger charge is -2.19. The molecule has 2 heterocycles. The third-order valence-corrected chi connectivity index (χ3v) is 4.16. The van der Waals surface area contributed by atoms with E-state index in [1.54, 1.807) is 42.5 Å². The molecule has 1 aliphatic rings. The van der Waals surface area contributed by atoms with Crippen molar-refractivity contribution in [3.05, 3.63) is 54.4 Å². The molecule has 0 fully saturated rings. The van der Waals surface area contributed by atoms with E-state index in [1.165, 1.54) is 17.9 Å². The Kier molecular flexibility index (Phi) is 5.06. The highest BCUT2D eigenvalue weighted by atomic mass is 16.6. The van der Waals surface area contributed by atoms with E-state index in [1.807, 2.05) is 0 Å². The van der Waals surface area contributed by atoms with Crippen molar-refractivity contribution in [1.29, 1.82) is 0 Å². The highest BCUT2D eigenvalue weighted by Gasteiger charge is 2.20. The van der Waals surface area contributed by atoms with Crippen LogP contribution in [0.3, 0.4) is 0 Å². The summed E-state index contributed by atoms with van der Waals surface area (Å²) in [5.74, 6) is 0.0747. The van der Waals surface area contributed by atoms with E-state index < -0.39 is 18.0 Å². The number of nitrogens with zero attached hydrogens (tertiary/aromatic N) is 4. The van der Waals surface area contributed by atoms with Gasteiger partial charge >= 0.3 is 5.97 Å². The summed E-state index contributed by atoms with van der Waals surface area (Å²) in [4.78, 5) is 24.8. The van der Waals surface area contributed by atoms with Gasteiger partial charge in [0, 0.05) is 11.8 Å². The monoisotopic (exact) mass is 395 g/mol. The molecule has 0 aliphatic carbocycles. The van der Waals surface area contributed by atoms with Gasteiger partial charge in [-0.2, -0.15) is 0 Å². The number of esters is 1. The Morgan fingerprint density at radius 1 is 1.14 bits per heavy atom. The number of benzene rings is 2. The first kappa shape index (κ1) is 18.4. The molecule has 29 heavy (non-hydrogen) atoms. The zero-order valence-corrected chi connectivity index (χ0v) is 15.4. The van der Waals surface area contributed by atoms with Crippen molar-refractivity contribution in [2.24, 2.45) is 0 Å². The number of nitrogens with one attached hydrogen (secondary N) is 1. The maximum Gasteiger partial charge on any atom is 0.338 e. The third kappa shape index (κ3) is 4.15. The molecule has 2 aromatic carbocycles. The van der Waals surface area contributed by atoms with Crippen LogP contribution < -0.4 is 14.8 Å². The second-order valence-corrected chi connectivity index (χ2v) is 6.20. The van der Waals surface area contributed by atoms with Gasteiger partial charge in [-0.25, -0.2) is 9.48 Å². The molecule has 1 N–H and O–H groups in total. The second-order valence-electron chi connectivity index (χ2n) is 6.20. The number of carbonyl (C=O) groups is 2.